The van der Waals surface area contributed by atoms with Crippen LogP contribution in [0.25, 0.3) is 21.6 Å². The maximum Gasteiger partial charge on any atom is 0.241 e. The standard InChI is InChI=1S/C29H30N2OS/c1-4-22-17-18-33-28(22)26-12-8-11-25(19-26)23-15-13-21(14-16-23)20-31(3)27(29(32)30-2)24-9-6-5-7-10-24/h5-19,27H,4,20H2,1-3H3,(H,30,32). The van der Waals surface area contributed by atoms with Crippen LogP contribution in [-0.4, -0.2) is 24.9 Å². The summed E-state index contributed by atoms with van der Waals surface area (Å²) in [6.45, 7) is 2.89. The van der Waals surface area contributed by atoms with Crippen LogP contribution in [0, 0.1) is 0 Å². The van der Waals surface area contributed by atoms with Crippen LogP contribution >= 0.6 is 11.3 Å². The summed E-state index contributed by atoms with van der Waals surface area (Å²) in [7, 11) is 3.69. The predicted octanol–water partition coefficient (Wildman–Crippen LogP) is 6.56. The Balaban J connectivity index is 1.53. The summed E-state index contributed by atoms with van der Waals surface area (Å²) in [5.41, 5.74) is 7.26. The zero-order valence-electron chi connectivity index (χ0n) is 19.4. The average Bonchev–Trinajstić information content (AvgIpc) is 3.34. The first-order chi connectivity index (χ1) is 16.1. The van der Waals surface area contributed by atoms with E-state index in [0.29, 0.717) is 6.54 Å². The molecule has 0 aliphatic heterocycles. The predicted molar refractivity (Wildman–Crippen MR) is 139 cm³/mol. The van der Waals surface area contributed by atoms with Crippen molar-refractivity contribution in [2.24, 2.45) is 0 Å². The molecule has 1 aromatic heterocycles. The van der Waals surface area contributed by atoms with Crippen molar-refractivity contribution in [1.29, 1.82) is 0 Å². The van der Waals surface area contributed by atoms with Gasteiger partial charge >= 0.3 is 0 Å². The fourth-order valence-corrected chi connectivity index (χ4v) is 5.26. The minimum Gasteiger partial charge on any atom is -0.358 e. The summed E-state index contributed by atoms with van der Waals surface area (Å²) in [5, 5.41) is 4.98. The summed E-state index contributed by atoms with van der Waals surface area (Å²) in [6.07, 6.45) is 1.05. The van der Waals surface area contributed by atoms with E-state index in [1.807, 2.05) is 48.7 Å². The zero-order valence-corrected chi connectivity index (χ0v) is 20.2. The Hall–Kier alpha value is -3.21. The number of likely N-dealkylation sites (N-methyl/N-ethyl adjacent to an activating group) is 2. The van der Waals surface area contributed by atoms with E-state index >= 15 is 0 Å². The van der Waals surface area contributed by atoms with Crippen molar-refractivity contribution in [1.82, 2.24) is 10.2 Å². The van der Waals surface area contributed by atoms with Gasteiger partial charge in [0.1, 0.15) is 6.04 Å². The van der Waals surface area contributed by atoms with Gasteiger partial charge in [-0.3, -0.25) is 9.69 Å². The van der Waals surface area contributed by atoms with E-state index in [1.54, 1.807) is 7.05 Å². The number of nitrogens with zero attached hydrogens (tertiary/aromatic N) is 1. The molecule has 1 unspecified atom stereocenters. The van der Waals surface area contributed by atoms with Gasteiger partial charge in [0.25, 0.3) is 0 Å². The molecule has 0 bridgehead atoms. The quantitative estimate of drug-likeness (QED) is 0.327. The monoisotopic (exact) mass is 454 g/mol. The molecule has 0 spiro atoms. The number of thiophene rings is 1. The van der Waals surface area contributed by atoms with Crippen LogP contribution in [0.15, 0.2) is 90.3 Å². The molecule has 1 atom stereocenters. The highest BCUT2D eigenvalue weighted by Gasteiger charge is 2.24. The Kier molecular flexibility index (Phi) is 7.38. The first-order valence-electron chi connectivity index (χ1n) is 11.3. The Bertz CT molecular complexity index is 1200. The zero-order chi connectivity index (χ0) is 23.2. The second kappa shape index (κ2) is 10.6. The van der Waals surface area contributed by atoms with Crippen molar-refractivity contribution in [3.05, 3.63) is 107 Å². The molecule has 0 aliphatic carbocycles. The fourth-order valence-electron chi connectivity index (χ4n) is 4.27. The third-order valence-electron chi connectivity index (χ3n) is 6.02. The van der Waals surface area contributed by atoms with Crippen LogP contribution in [-0.2, 0) is 17.8 Å². The lowest BCUT2D eigenvalue weighted by molar-refractivity contribution is -0.125. The average molecular weight is 455 g/mol. The highest BCUT2D eigenvalue weighted by Crippen LogP contribution is 2.33. The molecule has 168 valence electrons. The maximum atomic E-state index is 12.6. The molecule has 33 heavy (non-hydrogen) atoms. The largest absolute Gasteiger partial charge is 0.358 e. The third-order valence-corrected chi connectivity index (χ3v) is 7.03. The first kappa shape index (κ1) is 23.0. The number of amides is 1. The summed E-state index contributed by atoms with van der Waals surface area (Å²) in [4.78, 5) is 16.1. The molecule has 1 N–H and O–H groups in total. The van der Waals surface area contributed by atoms with E-state index in [4.69, 9.17) is 0 Å². The number of nitrogens with one attached hydrogen (secondary N) is 1. The Labute approximate surface area is 200 Å². The van der Waals surface area contributed by atoms with Crippen molar-refractivity contribution in [2.45, 2.75) is 25.9 Å². The normalized spacial score (nSPS) is 12.0. The van der Waals surface area contributed by atoms with Gasteiger partial charge in [-0.25, -0.2) is 0 Å². The summed E-state index contributed by atoms with van der Waals surface area (Å²) < 4.78 is 0. The van der Waals surface area contributed by atoms with Crippen LogP contribution in [0.3, 0.4) is 0 Å². The van der Waals surface area contributed by atoms with Gasteiger partial charge in [0.05, 0.1) is 0 Å². The van der Waals surface area contributed by atoms with E-state index < -0.39 is 0 Å². The van der Waals surface area contributed by atoms with Gasteiger partial charge in [-0.1, -0.05) is 79.7 Å². The molecule has 4 rings (SSSR count). The van der Waals surface area contributed by atoms with E-state index in [2.05, 4.69) is 77.1 Å². The lowest BCUT2D eigenvalue weighted by Crippen LogP contribution is -2.36. The number of benzene rings is 3. The second-order valence-corrected chi connectivity index (χ2v) is 9.16. The topological polar surface area (TPSA) is 32.3 Å². The molecule has 3 aromatic carbocycles. The SMILES string of the molecule is CCc1ccsc1-c1cccc(-c2ccc(CN(C)C(C(=O)NC)c3ccccc3)cc2)c1. The van der Waals surface area contributed by atoms with Gasteiger partial charge in [-0.15, -0.1) is 11.3 Å². The molecule has 4 heteroatoms. The van der Waals surface area contributed by atoms with Crippen molar-refractivity contribution >= 4 is 17.2 Å². The molecular weight excluding hydrogens is 424 g/mol. The third kappa shape index (κ3) is 5.24. The highest BCUT2D eigenvalue weighted by atomic mass is 32.1. The first-order valence-corrected chi connectivity index (χ1v) is 12.2. The van der Waals surface area contributed by atoms with Crippen molar-refractivity contribution in [3.63, 3.8) is 0 Å². The Morgan fingerprint density at radius 2 is 1.64 bits per heavy atom. The highest BCUT2D eigenvalue weighted by molar-refractivity contribution is 7.13. The summed E-state index contributed by atoms with van der Waals surface area (Å²) >= 11 is 1.81. The Morgan fingerprint density at radius 1 is 0.909 bits per heavy atom. The number of hydrogen-bond donors (Lipinski definition) is 1. The van der Waals surface area contributed by atoms with Gasteiger partial charge in [0.15, 0.2) is 0 Å². The number of carbonyl (C=O) groups is 1. The van der Waals surface area contributed by atoms with Gasteiger partial charge in [-0.05, 0) is 64.4 Å². The van der Waals surface area contributed by atoms with Crippen LogP contribution in [0.4, 0.5) is 0 Å². The van der Waals surface area contributed by atoms with Crippen LogP contribution in [0.5, 0.6) is 0 Å². The van der Waals surface area contributed by atoms with Gasteiger partial charge in [-0.2, -0.15) is 0 Å². The molecule has 1 amide bonds. The Morgan fingerprint density at radius 3 is 2.33 bits per heavy atom. The van der Waals surface area contributed by atoms with Gasteiger partial charge in [0, 0.05) is 18.5 Å². The smallest absolute Gasteiger partial charge is 0.241 e. The lowest BCUT2D eigenvalue weighted by Gasteiger charge is -2.27. The molecule has 0 aliphatic rings. The van der Waals surface area contributed by atoms with Crippen LogP contribution < -0.4 is 5.32 Å². The molecular formula is C29H30N2OS. The number of carbonyl (C=O) groups excluding carboxylic acids is 1. The van der Waals surface area contributed by atoms with Crippen molar-refractivity contribution in [3.8, 4) is 21.6 Å². The van der Waals surface area contributed by atoms with E-state index in [0.717, 1.165) is 12.0 Å². The number of rotatable bonds is 8. The molecule has 1 heterocycles. The summed E-state index contributed by atoms with van der Waals surface area (Å²) in [5.74, 6) is -0.00263. The number of hydrogen-bond acceptors (Lipinski definition) is 3. The van der Waals surface area contributed by atoms with Gasteiger partial charge in [0.2, 0.25) is 5.91 Å². The maximum absolute atomic E-state index is 12.6. The fraction of sp³-hybridized carbons (Fsp3) is 0.207. The number of aryl methyl sites for hydroxylation is 1. The molecule has 3 nitrogen and oxygen atoms in total. The van der Waals surface area contributed by atoms with E-state index in [9.17, 15) is 4.79 Å². The molecule has 0 radical (unpaired) electrons. The van der Waals surface area contributed by atoms with E-state index in [1.165, 1.54) is 32.7 Å². The van der Waals surface area contributed by atoms with Crippen molar-refractivity contribution in [2.75, 3.05) is 14.1 Å². The molecule has 4 aromatic rings. The van der Waals surface area contributed by atoms with Crippen molar-refractivity contribution < 1.29 is 4.79 Å². The van der Waals surface area contributed by atoms with Gasteiger partial charge < -0.3 is 5.32 Å². The van der Waals surface area contributed by atoms with E-state index in [-0.39, 0.29) is 11.9 Å². The summed E-state index contributed by atoms with van der Waals surface area (Å²) in [6, 6.07) is 29.3. The molecule has 0 saturated carbocycles. The minimum absolute atomic E-state index is 0.00263. The molecule has 0 fully saturated rings. The van der Waals surface area contributed by atoms with Crippen LogP contribution in [0.2, 0.25) is 0 Å². The van der Waals surface area contributed by atoms with Crippen LogP contribution in [0.1, 0.15) is 29.7 Å². The minimum atomic E-state index is -0.328. The molecule has 0 saturated heterocycles. The lowest BCUT2D eigenvalue weighted by atomic mass is 9.99. The second-order valence-electron chi connectivity index (χ2n) is 8.25.